The summed E-state index contributed by atoms with van der Waals surface area (Å²) in [6.45, 7) is 4.88. The Balaban J connectivity index is 1.41. The van der Waals surface area contributed by atoms with E-state index in [4.69, 9.17) is 0 Å². The molecule has 0 aliphatic carbocycles. The number of aromatic amines is 1. The first-order valence-corrected chi connectivity index (χ1v) is 10.1. The van der Waals surface area contributed by atoms with Crippen molar-refractivity contribution in [2.24, 2.45) is 5.92 Å². The number of likely N-dealkylation sites (tertiary alicyclic amines) is 1. The van der Waals surface area contributed by atoms with E-state index in [1.807, 2.05) is 6.07 Å². The second kappa shape index (κ2) is 8.55. The summed E-state index contributed by atoms with van der Waals surface area (Å²) in [7, 11) is 0. The predicted molar refractivity (Wildman–Crippen MR) is 116 cm³/mol. The minimum Gasteiger partial charge on any atom is -0.360 e. The second-order valence-corrected chi connectivity index (χ2v) is 7.60. The van der Waals surface area contributed by atoms with E-state index in [0.29, 0.717) is 42.7 Å². The molecule has 7 heteroatoms. The largest absolute Gasteiger partial charge is 0.360 e. The molecule has 158 valence electrons. The van der Waals surface area contributed by atoms with Crippen molar-refractivity contribution >= 4 is 34.6 Å². The lowest BCUT2D eigenvalue weighted by molar-refractivity contribution is -0.125. The van der Waals surface area contributed by atoms with Crippen molar-refractivity contribution in [2.45, 2.75) is 6.42 Å². The Kier molecular flexibility index (Phi) is 5.66. The molecule has 2 amide bonds. The van der Waals surface area contributed by atoms with Crippen LogP contribution in [0.4, 0.5) is 4.39 Å². The van der Waals surface area contributed by atoms with E-state index in [2.05, 4.69) is 16.9 Å². The number of nitrogens with zero attached hydrogens (tertiary/aromatic N) is 1. The van der Waals surface area contributed by atoms with E-state index in [9.17, 15) is 18.8 Å². The molecule has 0 unspecified atom stereocenters. The Morgan fingerprint density at radius 1 is 1.19 bits per heavy atom. The molecule has 0 saturated carbocycles. The van der Waals surface area contributed by atoms with Gasteiger partial charge >= 0.3 is 0 Å². The first-order valence-electron chi connectivity index (χ1n) is 10.1. The Hall–Kier alpha value is -3.74. The number of ketones is 1. The average Bonchev–Trinajstić information content (AvgIpc) is 3.45. The van der Waals surface area contributed by atoms with Gasteiger partial charge in [-0.2, -0.15) is 0 Å². The summed E-state index contributed by atoms with van der Waals surface area (Å²) < 4.78 is 14.4. The third kappa shape index (κ3) is 3.99. The number of hydrogen-bond acceptors (Lipinski definition) is 3. The molecule has 1 aromatic heterocycles. The minimum absolute atomic E-state index is 0.0158. The maximum Gasteiger partial charge on any atom is 0.295 e. The van der Waals surface area contributed by atoms with Crippen LogP contribution >= 0.6 is 0 Å². The molecule has 1 saturated heterocycles. The lowest BCUT2D eigenvalue weighted by atomic mass is 10.0. The van der Waals surface area contributed by atoms with E-state index in [1.54, 1.807) is 36.4 Å². The fraction of sp³-hybridized carbons (Fsp3) is 0.208. The summed E-state index contributed by atoms with van der Waals surface area (Å²) in [6, 6.07) is 11.7. The van der Waals surface area contributed by atoms with Crippen LogP contribution in [0.2, 0.25) is 0 Å². The summed E-state index contributed by atoms with van der Waals surface area (Å²) >= 11 is 0. The Labute approximate surface area is 178 Å². The van der Waals surface area contributed by atoms with Gasteiger partial charge in [-0.25, -0.2) is 4.39 Å². The van der Waals surface area contributed by atoms with Crippen molar-refractivity contribution in [3.05, 3.63) is 77.7 Å². The molecule has 1 atom stereocenters. The Bertz CT molecular complexity index is 1170. The van der Waals surface area contributed by atoms with Crippen LogP contribution < -0.4 is 5.32 Å². The molecule has 0 radical (unpaired) electrons. The molecule has 1 aliphatic heterocycles. The number of hydrogen-bond donors (Lipinski definition) is 2. The number of halogens is 1. The number of H-pyrrole nitrogens is 1. The number of aromatic nitrogens is 1. The lowest BCUT2D eigenvalue weighted by Crippen LogP contribution is -2.36. The monoisotopic (exact) mass is 419 g/mol. The molecule has 1 aliphatic rings. The van der Waals surface area contributed by atoms with Crippen LogP contribution in [0.5, 0.6) is 0 Å². The molecule has 31 heavy (non-hydrogen) atoms. The Morgan fingerprint density at radius 2 is 1.97 bits per heavy atom. The standard InChI is InChI=1S/C24H22FN3O3/c1-2-16-8-9-19(25)20-18(13-26-21(16)20)22(29)24(31)28-11-10-15(14-28)12-27-23(30)17-6-4-3-5-7-17/h2-9,13,15,26H,1,10-12,14H2,(H,27,30)/t15-/m0/s1. The van der Waals surface area contributed by atoms with Gasteiger partial charge in [0, 0.05) is 36.8 Å². The van der Waals surface area contributed by atoms with E-state index in [-0.39, 0.29) is 22.8 Å². The quantitative estimate of drug-likeness (QED) is 0.475. The van der Waals surface area contributed by atoms with Gasteiger partial charge in [-0.05, 0) is 42.2 Å². The topological polar surface area (TPSA) is 82.3 Å². The zero-order valence-corrected chi connectivity index (χ0v) is 16.9. The molecule has 0 spiro atoms. The number of Topliss-reactive ketones (excluding diaryl/α,β-unsaturated/α-hetero) is 1. The smallest absolute Gasteiger partial charge is 0.295 e. The number of nitrogens with one attached hydrogen (secondary N) is 2. The predicted octanol–water partition coefficient (Wildman–Crippen LogP) is 3.41. The van der Waals surface area contributed by atoms with Crippen LogP contribution in [0.25, 0.3) is 17.0 Å². The number of carbonyl (C=O) groups is 3. The maximum atomic E-state index is 14.4. The number of carbonyl (C=O) groups excluding carboxylic acids is 3. The first kappa shape index (κ1) is 20.5. The van der Waals surface area contributed by atoms with Crippen molar-refractivity contribution < 1.29 is 18.8 Å². The third-order valence-corrected chi connectivity index (χ3v) is 5.64. The normalized spacial score (nSPS) is 15.8. The van der Waals surface area contributed by atoms with Crippen LogP contribution in [-0.4, -0.2) is 47.1 Å². The highest BCUT2D eigenvalue weighted by atomic mass is 19.1. The molecule has 2 N–H and O–H groups in total. The summed E-state index contributed by atoms with van der Waals surface area (Å²) in [6.07, 6.45) is 3.61. The fourth-order valence-corrected chi connectivity index (χ4v) is 3.95. The number of amides is 2. The summed E-state index contributed by atoms with van der Waals surface area (Å²) in [5.74, 6) is -2.10. The van der Waals surface area contributed by atoms with Crippen LogP contribution in [0, 0.1) is 11.7 Å². The van der Waals surface area contributed by atoms with Crippen LogP contribution in [0.3, 0.4) is 0 Å². The molecular formula is C24H22FN3O3. The van der Waals surface area contributed by atoms with Crippen molar-refractivity contribution in [1.82, 2.24) is 15.2 Å². The highest BCUT2D eigenvalue weighted by Gasteiger charge is 2.32. The van der Waals surface area contributed by atoms with Gasteiger partial charge in [0.05, 0.1) is 11.1 Å². The van der Waals surface area contributed by atoms with Crippen molar-refractivity contribution in [3.8, 4) is 0 Å². The zero-order valence-electron chi connectivity index (χ0n) is 16.9. The van der Waals surface area contributed by atoms with Crippen LogP contribution in [-0.2, 0) is 4.79 Å². The van der Waals surface area contributed by atoms with E-state index in [1.165, 1.54) is 17.2 Å². The first-order chi connectivity index (χ1) is 15.0. The fourth-order valence-electron chi connectivity index (χ4n) is 3.95. The minimum atomic E-state index is -0.750. The third-order valence-electron chi connectivity index (χ3n) is 5.64. The molecule has 6 nitrogen and oxygen atoms in total. The summed E-state index contributed by atoms with van der Waals surface area (Å²) in [4.78, 5) is 42.2. The molecule has 4 rings (SSSR count). The highest BCUT2D eigenvalue weighted by molar-refractivity contribution is 6.45. The van der Waals surface area contributed by atoms with Gasteiger partial charge in [0.25, 0.3) is 17.6 Å². The molecule has 2 heterocycles. The van der Waals surface area contributed by atoms with Gasteiger partial charge in [0.1, 0.15) is 5.82 Å². The lowest BCUT2D eigenvalue weighted by Gasteiger charge is -2.16. The van der Waals surface area contributed by atoms with Gasteiger partial charge in [0.15, 0.2) is 0 Å². The SMILES string of the molecule is C=Cc1ccc(F)c2c(C(=O)C(=O)N3CC[C@@H](CNC(=O)c4ccccc4)C3)c[nH]c12. The zero-order chi connectivity index (χ0) is 22.0. The van der Waals surface area contributed by atoms with Crippen molar-refractivity contribution in [1.29, 1.82) is 0 Å². The average molecular weight is 419 g/mol. The van der Waals surface area contributed by atoms with E-state index >= 15 is 0 Å². The number of benzene rings is 2. The van der Waals surface area contributed by atoms with Gasteiger partial charge in [-0.3, -0.25) is 14.4 Å². The van der Waals surface area contributed by atoms with E-state index in [0.717, 1.165) is 0 Å². The molecule has 0 bridgehead atoms. The Morgan fingerprint density at radius 3 is 2.71 bits per heavy atom. The van der Waals surface area contributed by atoms with Gasteiger partial charge in [0.2, 0.25) is 0 Å². The molecule has 1 fully saturated rings. The van der Waals surface area contributed by atoms with Crippen molar-refractivity contribution in [3.63, 3.8) is 0 Å². The van der Waals surface area contributed by atoms with Gasteiger partial charge < -0.3 is 15.2 Å². The highest BCUT2D eigenvalue weighted by Crippen LogP contribution is 2.27. The van der Waals surface area contributed by atoms with Crippen LogP contribution in [0.1, 0.15) is 32.7 Å². The number of rotatable bonds is 6. The molecule has 2 aromatic carbocycles. The van der Waals surface area contributed by atoms with E-state index < -0.39 is 17.5 Å². The summed E-state index contributed by atoms with van der Waals surface area (Å²) in [5, 5.41) is 2.97. The maximum absolute atomic E-state index is 14.4. The second-order valence-electron chi connectivity index (χ2n) is 7.60. The van der Waals surface area contributed by atoms with Crippen molar-refractivity contribution in [2.75, 3.05) is 19.6 Å². The molecular weight excluding hydrogens is 397 g/mol. The summed E-state index contributed by atoms with van der Waals surface area (Å²) in [5.41, 5.74) is 1.68. The van der Waals surface area contributed by atoms with Crippen LogP contribution in [0.15, 0.2) is 55.2 Å². The van der Waals surface area contributed by atoms with Gasteiger partial charge in [-0.1, -0.05) is 30.9 Å². The van der Waals surface area contributed by atoms with Gasteiger partial charge in [-0.15, -0.1) is 0 Å². The number of fused-ring (bicyclic) bond motifs is 1. The molecule has 3 aromatic rings.